The molecule has 1 rings (SSSR count). The fourth-order valence-electron chi connectivity index (χ4n) is 1.23. The van der Waals surface area contributed by atoms with Crippen molar-refractivity contribution in [2.24, 2.45) is 5.14 Å². The number of carbonyl (C=O) groups is 1. The Morgan fingerprint density at radius 1 is 1.50 bits per heavy atom. The standard InChI is InChI=1S/C10H12N2O5S/c1-17-9-4-2-7(3-5-10(13)14)6-8(9)12-18(11,15)16/h2-6,12H,1H3,(H,13,14)(H2,11,15,16)/b5-3+. The minimum Gasteiger partial charge on any atom is -0.495 e. The van der Waals surface area contributed by atoms with Gasteiger partial charge in [-0.05, 0) is 23.8 Å². The predicted molar refractivity (Wildman–Crippen MR) is 66.4 cm³/mol. The first-order valence-electron chi connectivity index (χ1n) is 4.71. The Morgan fingerprint density at radius 3 is 2.67 bits per heavy atom. The molecule has 0 unspecified atom stereocenters. The quantitative estimate of drug-likeness (QED) is 0.671. The van der Waals surface area contributed by atoms with E-state index in [-0.39, 0.29) is 11.4 Å². The first kappa shape index (κ1) is 14.0. The lowest BCUT2D eigenvalue weighted by atomic mass is 10.2. The van der Waals surface area contributed by atoms with Gasteiger partial charge in [0.1, 0.15) is 5.75 Å². The van der Waals surface area contributed by atoms with Crippen LogP contribution in [0.1, 0.15) is 5.56 Å². The number of hydrogen-bond donors (Lipinski definition) is 3. The summed E-state index contributed by atoms with van der Waals surface area (Å²) in [6.45, 7) is 0. The maximum atomic E-state index is 10.9. The number of carboxylic acid groups (broad SMARTS) is 1. The van der Waals surface area contributed by atoms with E-state index in [1.54, 1.807) is 6.07 Å². The van der Waals surface area contributed by atoms with E-state index < -0.39 is 16.2 Å². The molecule has 0 saturated carbocycles. The van der Waals surface area contributed by atoms with Crippen molar-refractivity contribution in [2.75, 3.05) is 11.8 Å². The van der Waals surface area contributed by atoms with E-state index >= 15 is 0 Å². The molecule has 0 fully saturated rings. The van der Waals surface area contributed by atoms with Gasteiger partial charge in [0, 0.05) is 6.08 Å². The van der Waals surface area contributed by atoms with Crippen LogP contribution in [-0.4, -0.2) is 26.6 Å². The molecule has 7 nitrogen and oxygen atoms in total. The molecule has 0 saturated heterocycles. The number of ether oxygens (including phenoxy) is 1. The molecule has 0 atom stereocenters. The molecule has 0 aromatic heterocycles. The highest BCUT2D eigenvalue weighted by molar-refractivity contribution is 7.90. The third-order valence-corrected chi connectivity index (χ3v) is 2.40. The average molecular weight is 272 g/mol. The summed E-state index contributed by atoms with van der Waals surface area (Å²) >= 11 is 0. The lowest BCUT2D eigenvalue weighted by Crippen LogP contribution is -2.22. The van der Waals surface area contributed by atoms with Crippen molar-refractivity contribution in [2.45, 2.75) is 0 Å². The van der Waals surface area contributed by atoms with Crippen LogP contribution in [0.3, 0.4) is 0 Å². The zero-order chi connectivity index (χ0) is 13.8. The van der Waals surface area contributed by atoms with E-state index in [2.05, 4.69) is 4.72 Å². The SMILES string of the molecule is COc1ccc(/C=C/C(=O)O)cc1NS(N)(=O)=O. The molecule has 1 aromatic rings. The Labute approximate surface area is 104 Å². The molecule has 0 radical (unpaired) electrons. The minimum absolute atomic E-state index is 0.132. The minimum atomic E-state index is -3.93. The summed E-state index contributed by atoms with van der Waals surface area (Å²) in [5, 5.41) is 13.3. The van der Waals surface area contributed by atoms with Gasteiger partial charge in [-0.15, -0.1) is 0 Å². The summed E-state index contributed by atoms with van der Waals surface area (Å²) in [5.41, 5.74) is 0.622. The molecule has 0 spiro atoms. The van der Waals surface area contributed by atoms with E-state index in [1.165, 1.54) is 25.3 Å². The Bertz CT molecular complexity index is 580. The van der Waals surface area contributed by atoms with E-state index in [0.29, 0.717) is 5.56 Å². The highest BCUT2D eigenvalue weighted by Crippen LogP contribution is 2.26. The first-order chi connectivity index (χ1) is 8.31. The average Bonchev–Trinajstić information content (AvgIpc) is 2.24. The van der Waals surface area contributed by atoms with Crippen LogP contribution >= 0.6 is 0 Å². The van der Waals surface area contributed by atoms with Gasteiger partial charge in [-0.3, -0.25) is 4.72 Å². The smallest absolute Gasteiger partial charge is 0.328 e. The van der Waals surface area contributed by atoms with Gasteiger partial charge >= 0.3 is 5.97 Å². The van der Waals surface area contributed by atoms with E-state index in [4.69, 9.17) is 15.0 Å². The van der Waals surface area contributed by atoms with Crippen LogP contribution in [-0.2, 0) is 15.0 Å². The van der Waals surface area contributed by atoms with Gasteiger partial charge in [0.2, 0.25) is 0 Å². The number of carboxylic acids is 1. The van der Waals surface area contributed by atoms with E-state index in [9.17, 15) is 13.2 Å². The second-order valence-corrected chi connectivity index (χ2v) is 4.57. The van der Waals surface area contributed by atoms with Crippen molar-refractivity contribution in [3.8, 4) is 5.75 Å². The molecule has 1 aromatic carbocycles. The van der Waals surface area contributed by atoms with Crippen LogP contribution in [0.2, 0.25) is 0 Å². The van der Waals surface area contributed by atoms with Gasteiger partial charge in [0.05, 0.1) is 12.8 Å². The van der Waals surface area contributed by atoms with E-state index in [1.807, 2.05) is 0 Å². The highest BCUT2D eigenvalue weighted by Gasteiger charge is 2.08. The van der Waals surface area contributed by atoms with Crippen LogP contribution in [0.25, 0.3) is 6.08 Å². The molecule has 0 aliphatic heterocycles. The summed E-state index contributed by atoms with van der Waals surface area (Å²) in [4.78, 5) is 10.4. The summed E-state index contributed by atoms with van der Waals surface area (Å²) in [6.07, 6.45) is 2.25. The summed E-state index contributed by atoms with van der Waals surface area (Å²) in [6, 6.07) is 4.48. The van der Waals surface area contributed by atoms with Gasteiger partial charge in [0.15, 0.2) is 0 Å². The highest BCUT2D eigenvalue weighted by atomic mass is 32.2. The maximum absolute atomic E-state index is 10.9. The zero-order valence-corrected chi connectivity index (χ0v) is 10.3. The summed E-state index contributed by atoms with van der Waals surface area (Å²) in [7, 11) is -2.56. The van der Waals surface area contributed by atoms with Crippen LogP contribution in [0.5, 0.6) is 5.75 Å². The van der Waals surface area contributed by atoms with Gasteiger partial charge in [-0.1, -0.05) is 6.07 Å². The molecule has 0 amide bonds. The monoisotopic (exact) mass is 272 g/mol. The maximum Gasteiger partial charge on any atom is 0.328 e. The molecule has 0 bridgehead atoms. The second-order valence-electron chi connectivity index (χ2n) is 3.28. The number of benzene rings is 1. The van der Waals surface area contributed by atoms with Gasteiger partial charge in [-0.25, -0.2) is 9.93 Å². The van der Waals surface area contributed by atoms with Crippen molar-refractivity contribution in [1.82, 2.24) is 0 Å². The van der Waals surface area contributed by atoms with Gasteiger partial charge in [-0.2, -0.15) is 8.42 Å². The number of rotatable bonds is 5. The number of nitrogens with one attached hydrogen (secondary N) is 1. The van der Waals surface area contributed by atoms with Crippen molar-refractivity contribution in [1.29, 1.82) is 0 Å². The van der Waals surface area contributed by atoms with Crippen LogP contribution in [0.15, 0.2) is 24.3 Å². The fourth-order valence-corrected chi connectivity index (χ4v) is 1.70. The van der Waals surface area contributed by atoms with Crippen LogP contribution in [0.4, 0.5) is 5.69 Å². The van der Waals surface area contributed by atoms with E-state index in [0.717, 1.165) is 6.08 Å². The van der Waals surface area contributed by atoms with Gasteiger partial charge < -0.3 is 9.84 Å². The van der Waals surface area contributed by atoms with Crippen molar-refractivity contribution in [3.05, 3.63) is 29.8 Å². The predicted octanol–water partition coefficient (Wildman–Crippen LogP) is 0.408. The molecule has 0 aliphatic carbocycles. The lowest BCUT2D eigenvalue weighted by Gasteiger charge is -2.10. The number of anilines is 1. The molecule has 4 N–H and O–H groups in total. The lowest BCUT2D eigenvalue weighted by molar-refractivity contribution is -0.131. The summed E-state index contributed by atoms with van der Waals surface area (Å²) in [5.74, 6) is -0.830. The number of methoxy groups -OCH3 is 1. The molecular formula is C10H12N2O5S. The van der Waals surface area contributed by atoms with Crippen molar-refractivity contribution in [3.63, 3.8) is 0 Å². The topological polar surface area (TPSA) is 119 Å². The number of nitrogens with two attached hydrogens (primary N) is 1. The zero-order valence-electron chi connectivity index (χ0n) is 9.45. The molecule has 8 heteroatoms. The Balaban J connectivity index is 3.13. The normalized spacial score (nSPS) is 11.4. The molecule has 0 aliphatic rings. The van der Waals surface area contributed by atoms with Crippen molar-refractivity contribution >= 4 is 27.9 Å². The van der Waals surface area contributed by atoms with Crippen molar-refractivity contribution < 1.29 is 23.1 Å². The summed E-state index contributed by atoms with van der Waals surface area (Å²) < 4.78 is 28.9. The molecular weight excluding hydrogens is 260 g/mol. The fraction of sp³-hybridized carbons (Fsp3) is 0.100. The number of aliphatic carboxylic acids is 1. The Kier molecular flexibility index (Phi) is 4.29. The van der Waals surface area contributed by atoms with Crippen LogP contribution in [0, 0.1) is 0 Å². The third kappa shape index (κ3) is 4.44. The largest absolute Gasteiger partial charge is 0.495 e. The Morgan fingerprint density at radius 2 is 2.17 bits per heavy atom. The molecule has 0 heterocycles. The third-order valence-electron chi connectivity index (χ3n) is 1.89. The molecule has 18 heavy (non-hydrogen) atoms. The Hall–Kier alpha value is -2.06. The first-order valence-corrected chi connectivity index (χ1v) is 6.26. The van der Waals surface area contributed by atoms with Crippen LogP contribution < -0.4 is 14.6 Å². The molecule has 98 valence electrons. The second kappa shape index (κ2) is 5.52. The van der Waals surface area contributed by atoms with Gasteiger partial charge in [0.25, 0.3) is 10.2 Å². The number of hydrogen-bond acceptors (Lipinski definition) is 4.